The van der Waals surface area contributed by atoms with Gasteiger partial charge in [0.15, 0.2) is 5.78 Å². The monoisotopic (exact) mass is 303 g/mol. The van der Waals surface area contributed by atoms with Gasteiger partial charge in [0.25, 0.3) is 0 Å². The van der Waals surface area contributed by atoms with Crippen LogP contribution >= 0.6 is 0 Å². The number of hydrogen-bond acceptors (Lipinski definition) is 3. The number of benzene rings is 1. The summed E-state index contributed by atoms with van der Waals surface area (Å²) in [6.45, 7) is 5.72. The van der Waals surface area contributed by atoms with Crippen LogP contribution in [0.4, 0.5) is 0 Å². The summed E-state index contributed by atoms with van der Waals surface area (Å²) in [6, 6.07) is 5.70. The maximum absolute atomic E-state index is 12.2. The van der Waals surface area contributed by atoms with Gasteiger partial charge in [-0.25, -0.2) is 0 Å². The van der Waals surface area contributed by atoms with Crippen LogP contribution in [-0.2, 0) is 0 Å². The Balaban J connectivity index is 1.66. The standard InChI is InChI=1S/C19H29NO2/c1-16-15-17(10-11-19(16)22-2)18(21)9-5-3-6-12-20-13-7-4-8-14-20/h10-11,15H,3-9,12-14H2,1-2H3. The van der Waals surface area contributed by atoms with E-state index in [1.54, 1.807) is 7.11 Å². The van der Waals surface area contributed by atoms with Gasteiger partial charge in [0, 0.05) is 12.0 Å². The molecule has 0 atom stereocenters. The first kappa shape index (κ1) is 17.0. The van der Waals surface area contributed by atoms with E-state index in [0.717, 1.165) is 29.7 Å². The quantitative estimate of drug-likeness (QED) is 0.531. The number of carbonyl (C=O) groups is 1. The van der Waals surface area contributed by atoms with Gasteiger partial charge in [-0.05, 0) is 76.0 Å². The molecular weight excluding hydrogens is 274 g/mol. The molecule has 0 amide bonds. The number of piperidine rings is 1. The molecule has 0 unspecified atom stereocenters. The lowest BCUT2D eigenvalue weighted by atomic mass is 10.0. The van der Waals surface area contributed by atoms with Crippen LogP contribution < -0.4 is 4.74 Å². The van der Waals surface area contributed by atoms with Crippen LogP contribution in [-0.4, -0.2) is 37.4 Å². The highest BCUT2D eigenvalue weighted by molar-refractivity contribution is 5.96. The highest BCUT2D eigenvalue weighted by atomic mass is 16.5. The molecule has 0 saturated carbocycles. The average molecular weight is 303 g/mol. The van der Waals surface area contributed by atoms with Crippen molar-refractivity contribution in [1.82, 2.24) is 4.90 Å². The molecule has 2 rings (SSSR count). The fourth-order valence-electron chi connectivity index (χ4n) is 3.18. The Morgan fingerprint density at radius 1 is 1.14 bits per heavy atom. The van der Waals surface area contributed by atoms with E-state index in [0.29, 0.717) is 6.42 Å². The van der Waals surface area contributed by atoms with Gasteiger partial charge in [0.1, 0.15) is 5.75 Å². The van der Waals surface area contributed by atoms with Crippen LogP contribution in [0.25, 0.3) is 0 Å². The Labute approximate surface area is 134 Å². The Hall–Kier alpha value is -1.35. The molecule has 22 heavy (non-hydrogen) atoms. The van der Waals surface area contributed by atoms with Gasteiger partial charge < -0.3 is 9.64 Å². The lowest BCUT2D eigenvalue weighted by Crippen LogP contribution is -2.30. The predicted molar refractivity (Wildman–Crippen MR) is 90.8 cm³/mol. The molecular formula is C19H29NO2. The summed E-state index contributed by atoms with van der Waals surface area (Å²) in [5.74, 6) is 1.10. The normalized spacial score (nSPS) is 15.7. The molecule has 0 aromatic heterocycles. The summed E-state index contributed by atoms with van der Waals surface area (Å²) in [4.78, 5) is 14.8. The first-order valence-electron chi connectivity index (χ1n) is 8.61. The third-order valence-corrected chi connectivity index (χ3v) is 4.54. The van der Waals surface area contributed by atoms with E-state index < -0.39 is 0 Å². The maximum atomic E-state index is 12.2. The van der Waals surface area contributed by atoms with Crippen molar-refractivity contribution in [3.8, 4) is 5.75 Å². The Kier molecular flexibility index (Phi) is 6.91. The first-order valence-corrected chi connectivity index (χ1v) is 8.61. The Bertz CT molecular complexity index is 478. The summed E-state index contributed by atoms with van der Waals surface area (Å²) in [5.41, 5.74) is 1.84. The summed E-state index contributed by atoms with van der Waals surface area (Å²) >= 11 is 0. The van der Waals surface area contributed by atoms with Gasteiger partial charge >= 0.3 is 0 Å². The zero-order valence-electron chi connectivity index (χ0n) is 14.1. The number of likely N-dealkylation sites (tertiary alicyclic amines) is 1. The number of aryl methyl sites for hydroxylation is 1. The number of methoxy groups -OCH3 is 1. The number of Topliss-reactive ketones (excluding diaryl/α,β-unsaturated/α-hetero) is 1. The van der Waals surface area contributed by atoms with E-state index in [4.69, 9.17) is 4.74 Å². The van der Waals surface area contributed by atoms with E-state index in [9.17, 15) is 4.79 Å². The number of ketones is 1. The molecule has 0 aliphatic carbocycles. The van der Waals surface area contributed by atoms with E-state index in [2.05, 4.69) is 4.90 Å². The van der Waals surface area contributed by atoms with Crippen LogP contribution in [0, 0.1) is 6.92 Å². The predicted octanol–water partition coefficient (Wildman–Crippen LogP) is 4.23. The molecule has 0 radical (unpaired) electrons. The summed E-state index contributed by atoms with van der Waals surface area (Å²) in [7, 11) is 1.66. The van der Waals surface area contributed by atoms with Gasteiger partial charge in [-0.15, -0.1) is 0 Å². The van der Waals surface area contributed by atoms with Crippen LogP contribution in [0.3, 0.4) is 0 Å². The third-order valence-electron chi connectivity index (χ3n) is 4.54. The lowest BCUT2D eigenvalue weighted by Gasteiger charge is -2.26. The fraction of sp³-hybridized carbons (Fsp3) is 0.632. The molecule has 0 bridgehead atoms. The third kappa shape index (κ3) is 5.13. The van der Waals surface area contributed by atoms with Crippen molar-refractivity contribution in [3.05, 3.63) is 29.3 Å². The van der Waals surface area contributed by atoms with Crippen molar-refractivity contribution in [2.45, 2.75) is 51.9 Å². The Morgan fingerprint density at radius 3 is 2.59 bits per heavy atom. The second-order valence-electron chi connectivity index (χ2n) is 6.32. The minimum Gasteiger partial charge on any atom is -0.496 e. The van der Waals surface area contributed by atoms with Crippen molar-refractivity contribution < 1.29 is 9.53 Å². The lowest BCUT2D eigenvalue weighted by molar-refractivity contribution is 0.0978. The van der Waals surface area contributed by atoms with Crippen molar-refractivity contribution in [3.63, 3.8) is 0 Å². The highest BCUT2D eigenvalue weighted by Gasteiger charge is 2.10. The zero-order chi connectivity index (χ0) is 15.8. The first-order chi connectivity index (χ1) is 10.7. The Morgan fingerprint density at radius 2 is 1.91 bits per heavy atom. The molecule has 1 aromatic carbocycles. The summed E-state index contributed by atoms with van der Waals surface area (Å²) < 4.78 is 5.23. The molecule has 1 heterocycles. The van der Waals surface area contributed by atoms with Crippen molar-refractivity contribution in [1.29, 1.82) is 0 Å². The molecule has 122 valence electrons. The number of carbonyl (C=O) groups excluding carboxylic acids is 1. The van der Waals surface area contributed by atoms with Crippen molar-refractivity contribution in [2.24, 2.45) is 0 Å². The van der Waals surface area contributed by atoms with Crippen LogP contribution in [0.15, 0.2) is 18.2 Å². The summed E-state index contributed by atoms with van der Waals surface area (Å²) in [5, 5.41) is 0. The zero-order valence-corrected chi connectivity index (χ0v) is 14.1. The number of ether oxygens (including phenoxy) is 1. The molecule has 0 spiro atoms. The number of unbranched alkanes of at least 4 members (excludes halogenated alkanes) is 2. The maximum Gasteiger partial charge on any atom is 0.162 e. The van der Waals surface area contributed by atoms with Gasteiger partial charge in [0.05, 0.1) is 7.11 Å². The molecule has 1 aliphatic rings. The SMILES string of the molecule is COc1ccc(C(=O)CCCCCN2CCCCC2)cc1C. The molecule has 1 aromatic rings. The number of rotatable bonds is 8. The average Bonchev–Trinajstić information content (AvgIpc) is 2.55. The number of hydrogen-bond donors (Lipinski definition) is 0. The molecule has 1 fully saturated rings. The molecule has 3 heteroatoms. The van der Waals surface area contributed by atoms with Crippen molar-refractivity contribution in [2.75, 3.05) is 26.7 Å². The van der Waals surface area contributed by atoms with E-state index in [-0.39, 0.29) is 5.78 Å². The molecule has 3 nitrogen and oxygen atoms in total. The molecule has 1 aliphatic heterocycles. The van der Waals surface area contributed by atoms with E-state index in [1.807, 2.05) is 25.1 Å². The van der Waals surface area contributed by atoms with Gasteiger partial charge in [-0.1, -0.05) is 12.8 Å². The largest absolute Gasteiger partial charge is 0.496 e. The van der Waals surface area contributed by atoms with Crippen molar-refractivity contribution >= 4 is 5.78 Å². The van der Waals surface area contributed by atoms with Crippen LogP contribution in [0.1, 0.15) is 60.9 Å². The second kappa shape index (κ2) is 8.94. The molecule has 1 saturated heterocycles. The van der Waals surface area contributed by atoms with Gasteiger partial charge in [0.2, 0.25) is 0 Å². The minimum atomic E-state index is 0.253. The van der Waals surface area contributed by atoms with Gasteiger partial charge in [-0.3, -0.25) is 4.79 Å². The van der Waals surface area contributed by atoms with E-state index >= 15 is 0 Å². The van der Waals surface area contributed by atoms with E-state index in [1.165, 1.54) is 45.3 Å². The van der Waals surface area contributed by atoms with Crippen LogP contribution in [0.2, 0.25) is 0 Å². The summed E-state index contributed by atoms with van der Waals surface area (Å²) in [6.07, 6.45) is 8.13. The second-order valence-corrected chi connectivity index (χ2v) is 6.32. The smallest absolute Gasteiger partial charge is 0.162 e. The number of nitrogens with zero attached hydrogens (tertiary/aromatic N) is 1. The fourth-order valence-corrected chi connectivity index (χ4v) is 3.18. The topological polar surface area (TPSA) is 29.5 Å². The minimum absolute atomic E-state index is 0.253. The van der Waals surface area contributed by atoms with Crippen LogP contribution in [0.5, 0.6) is 5.75 Å². The highest BCUT2D eigenvalue weighted by Crippen LogP contribution is 2.20. The molecule has 0 N–H and O–H groups in total. The van der Waals surface area contributed by atoms with Gasteiger partial charge in [-0.2, -0.15) is 0 Å².